The van der Waals surface area contributed by atoms with Crippen molar-refractivity contribution in [2.24, 2.45) is 13.0 Å². The predicted molar refractivity (Wildman–Crippen MR) is 91.7 cm³/mol. The van der Waals surface area contributed by atoms with Crippen molar-refractivity contribution in [2.75, 3.05) is 13.6 Å². The van der Waals surface area contributed by atoms with E-state index in [1.54, 1.807) is 21.8 Å². The highest BCUT2D eigenvalue weighted by molar-refractivity contribution is 5.92. The van der Waals surface area contributed by atoms with Crippen molar-refractivity contribution in [3.63, 3.8) is 0 Å². The lowest BCUT2D eigenvalue weighted by atomic mass is 9.85. The minimum atomic E-state index is -0.194. The number of likely N-dealkylation sites (tertiary alicyclic amines) is 1. The fourth-order valence-electron chi connectivity index (χ4n) is 3.39. The van der Waals surface area contributed by atoms with E-state index in [1.165, 1.54) is 0 Å². The van der Waals surface area contributed by atoms with E-state index in [0.717, 1.165) is 24.1 Å². The first-order chi connectivity index (χ1) is 12.0. The number of nitrogens with one attached hydrogen (secondary N) is 2. The monoisotopic (exact) mass is 344 g/mol. The topological polar surface area (TPSA) is 95.9 Å². The van der Waals surface area contributed by atoms with Gasteiger partial charge in [0.25, 0.3) is 5.91 Å². The molecule has 3 heterocycles. The maximum absolute atomic E-state index is 12.3. The molecule has 2 atom stereocenters. The molecule has 0 aliphatic carbocycles. The van der Waals surface area contributed by atoms with Crippen molar-refractivity contribution >= 4 is 11.8 Å². The highest BCUT2D eigenvalue weighted by Gasteiger charge is 2.35. The van der Waals surface area contributed by atoms with Crippen LogP contribution in [-0.2, 0) is 18.3 Å². The second-order valence-corrected chi connectivity index (χ2v) is 6.54. The summed E-state index contributed by atoms with van der Waals surface area (Å²) in [6, 6.07) is 1.69. The zero-order chi connectivity index (χ0) is 18.0. The Hall–Kier alpha value is -2.64. The number of hydrogen-bond donors (Lipinski definition) is 2. The van der Waals surface area contributed by atoms with Gasteiger partial charge in [0, 0.05) is 50.4 Å². The van der Waals surface area contributed by atoms with E-state index in [0.29, 0.717) is 18.7 Å². The summed E-state index contributed by atoms with van der Waals surface area (Å²) in [6.07, 6.45) is 5.75. The van der Waals surface area contributed by atoms with Crippen LogP contribution in [0.25, 0.3) is 0 Å². The number of piperidine rings is 1. The summed E-state index contributed by atoms with van der Waals surface area (Å²) < 4.78 is 1.73. The van der Waals surface area contributed by atoms with E-state index in [2.05, 4.69) is 20.6 Å². The molecule has 134 valence electrons. The van der Waals surface area contributed by atoms with E-state index in [4.69, 9.17) is 0 Å². The third-order valence-corrected chi connectivity index (χ3v) is 4.82. The number of carbonyl (C=O) groups excluding carboxylic acids is 2. The van der Waals surface area contributed by atoms with Crippen LogP contribution < -0.4 is 5.32 Å². The zero-order valence-electron chi connectivity index (χ0n) is 14.8. The van der Waals surface area contributed by atoms with E-state index in [9.17, 15) is 9.59 Å². The minimum absolute atomic E-state index is 0.0827. The second-order valence-electron chi connectivity index (χ2n) is 6.54. The molecule has 1 fully saturated rings. The number of H-pyrrole nitrogens is 1. The normalized spacial score (nSPS) is 20.8. The molecule has 1 aliphatic heterocycles. The van der Waals surface area contributed by atoms with Gasteiger partial charge in [-0.25, -0.2) is 0 Å². The van der Waals surface area contributed by atoms with Crippen LogP contribution in [0.3, 0.4) is 0 Å². The number of aromatic nitrogens is 4. The molecule has 2 amide bonds. The number of amides is 2. The molecule has 0 radical (unpaired) electrons. The number of aromatic amines is 1. The maximum atomic E-state index is 12.3. The summed E-state index contributed by atoms with van der Waals surface area (Å²) in [5, 5.41) is 14.1. The lowest BCUT2D eigenvalue weighted by molar-refractivity contribution is -0.136. The van der Waals surface area contributed by atoms with E-state index in [-0.39, 0.29) is 23.8 Å². The van der Waals surface area contributed by atoms with E-state index >= 15 is 0 Å². The first kappa shape index (κ1) is 17.2. The fourth-order valence-corrected chi connectivity index (χ4v) is 3.39. The molecule has 2 aromatic heterocycles. The number of carbonyl (C=O) groups is 2. The van der Waals surface area contributed by atoms with Crippen LogP contribution >= 0.6 is 0 Å². The van der Waals surface area contributed by atoms with Gasteiger partial charge in [-0.1, -0.05) is 6.92 Å². The molecule has 2 aromatic rings. The predicted octanol–water partition coefficient (Wildman–Crippen LogP) is 1.05. The van der Waals surface area contributed by atoms with Crippen molar-refractivity contribution in [1.82, 2.24) is 30.2 Å². The van der Waals surface area contributed by atoms with Gasteiger partial charge in [-0.3, -0.25) is 19.4 Å². The lowest BCUT2D eigenvalue weighted by Gasteiger charge is -2.38. The highest BCUT2D eigenvalue weighted by atomic mass is 16.2. The van der Waals surface area contributed by atoms with Crippen LogP contribution in [0, 0.1) is 5.92 Å². The Balaban J connectivity index is 1.70. The quantitative estimate of drug-likeness (QED) is 0.847. The second kappa shape index (κ2) is 7.08. The van der Waals surface area contributed by atoms with Crippen LogP contribution in [0.1, 0.15) is 47.6 Å². The zero-order valence-corrected chi connectivity index (χ0v) is 14.8. The van der Waals surface area contributed by atoms with Crippen LogP contribution in [0.2, 0.25) is 0 Å². The van der Waals surface area contributed by atoms with Crippen molar-refractivity contribution in [1.29, 1.82) is 0 Å². The van der Waals surface area contributed by atoms with Gasteiger partial charge >= 0.3 is 0 Å². The molecule has 0 spiro atoms. The standard InChI is InChI=1S/C17H24N6O2/c1-4-13-7-14(21-20-13)17(25)18-8-11-5-6-15(24)23(3)16(11)12-9-19-22(2)10-12/h7,9-11,16H,4-6,8H2,1-3H3,(H,18,25)(H,20,21)/t11-,16+/m1/s1. The molecule has 25 heavy (non-hydrogen) atoms. The van der Waals surface area contributed by atoms with Crippen LogP contribution in [0.15, 0.2) is 18.5 Å². The SMILES string of the molecule is CCc1cc(C(=O)NC[C@H]2CCC(=O)N(C)[C@@H]2c2cnn(C)c2)n[nH]1. The molecular formula is C17H24N6O2. The Kier molecular flexibility index (Phi) is 4.87. The fraction of sp³-hybridized carbons (Fsp3) is 0.529. The van der Waals surface area contributed by atoms with Crippen molar-refractivity contribution in [3.05, 3.63) is 35.4 Å². The van der Waals surface area contributed by atoms with Gasteiger partial charge in [0.05, 0.1) is 12.2 Å². The molecule has 3 rings (SSSR count). The van der Waals surface area contributed by atoms with Gasteiger partial charge in [-0.15, -0.1) is 0 Å². The first-order valence-corrected chi connectivity index (χ1v) is 8.56. The molecule has 1 aliphatic rings. The Morgan fingerprint density at radius 2 is 2.24 bits per heavy atom. The van der Waals surface area contributed by atoms with Crippen molar-refractivity contribution < 1.29 is 9.59 Å². The Morgan fingerprint density at radius 1 is 1.44 bits per heavy atom. The van der Waals surface area contributed by atoms with E-state index in [1.807, 2.05) is 27.2 Å². The van der Waals surface area contributed by atoms with Gasteiger partial charge in [-0.05, 0) is 18.9 Å². The molecule has 0 aromatic carbocycles. The summed E-state index contributed by atoms with van der Waals surface area (Å²) in [4.78, 5) is 26.2. The van der Waals surface area contributed by atoms with Gasteiger partial charge in [0.1, 0.15) is 5.69 Å². The average molecular weight is 344 g/mol. The third-order valence-electron chi connectivity index (χ3n) is 4.82. The number of nitrogens with zero attached hydrogens (tertiary/aromatic N) is 4. The minimum Gasteiger partial charge on any atom is -0.350 e. The smallest absolute Gasteiger partial charge is 0.271 e. The molecule has 8 heteroatoms. The molecule has 2 N–H and O–H groups in total. The van der Waals surface area contributed by atoms with E-state index < -0.39 is 0 Å². The van der Waals surface area contributed by atoms with Gasteiger partial charge in [-0.2, -0.15) is 10.2 Å². The van der Waals surface area contributed by atoms with Crippen LogP contribution in [0.4, 0.5) is 0 Å². The van der Waals surface area contributed by atoms with Gasteiger partial charge in [0.15, 0.2) is 0 Å². The summed E-state index contributed by atoms with van der Waals surface area (Å²) in [6.45, 7) is 2.49. The van der Waals surface area contributed by atoms with Crippen molar-refractivity contribution in [2.45, 2.75) is 32.2 Å². The lowest BCUT2D eigenvalue weighted by Crippen LogP contribution is -2.44. The maximum Gasteiger partial charge on any atom is 0.271 e. The number of rotatable bonds is 5. The third kappa shape index (κ3) is 3.57. The van der Waals surface area contributed by atoms with Gasteiger partial charge < -0.3 is 10.2 Å². The summed E-state index contributed by atoms with van der Waals surface area (Å²) >= 11 is 0. The average Bonchev–Trinajstić information content (AvgIpc) is 3.24. The Labute approximate surface area is 146 Å². The number of aryl methyl sites for hydroxylation is 2. The molecule has 0 unspecified atom stereocenters. The molecule has 8 nitrogen and oxygen atoms in total. The molecule has 1 saturated heterocycles. The number of hydrogen-bond acceptors (Lipinski definition) is 4. The first-order valence-electron chi connectivity index (χ1n) is 8.56. The van der Waals surface area contributed by atoms with Gasteiger partial charge in [0.2, 0.25) is 5.91 Å². The highest BCUT2D eigenvalue weighted by Crippen LogP contribution is 2.35. The Bertz CT molecular complexity index is 765. The van der Waals surface area contributed by atoms with Crippen molar-refractivity contribution in [3.8, 4) is 0 Å². The summed E-state index contributed by atoms with van der Waals surface area (Å²) in [7, 11) is 3.67. The molecule has 0 saturated carbocycles. The van der Waals surface area contributed by atoms with Crippen LogP contribution in [-0.4, -0.2) is 50.3 Å². The molecule has 0 bridgehead atoms. The van der Waals surface area contributed by atoms with Crippen LogP contribution in [0.5, 0.6) is 0 Å². The molecular weight excluding hydrogens is 320 g/mol. The summed E-state index contributed by atoms with van der Waals surface area (Å²) in [5.74, 6) is 0.0668. The largest absolute Gasteiger partial charge is 0.350 e. The summed E-state index contributed by atoms with van der Waals surface area (Å²) in [5.41, 5.74) is 2.32. The Morgan fingerprint density at radius 3 is 2.88 bits per heavy atom.